The van der Waals surface area contributed by atoms with Gasteiger partial charge in [0.25, 0.3) is 0 Å². The molecule has 78 valence electrons. The van der Waals surface area contributed by atoms with Crippen LogP contribution in [-0.4, -0.2) is 4.98 Å². The highest BCUT2D eigenvalue weighted by molar-refractivity contribution is 7.98. The van der Waals surface area contributed by atoms with Gasteiger partial charge in [-0.3, -0.25) is 0 Å². The van der Waals surface area contributed by atoms with Crippen LogP contribution in [0.2, 0.25) is 0 Å². The zero-order chi connectivity index (χ0) is 10.7. The zero-order valence-corrected chi connectivity index (χ0v) is 9.25. The van der Waals surface area contributed by atoms with Crippen LogP contribution >= 0.6 is 11.8 Å². The van der Waals surface area contributed by atoms with Crippen LogP contribution in [-0.2, 0) is 5.75 Å². The molecule has 0 atom stereocenters. The molecule has 0 saturated carbocycles. The third-order valence-corrected chi connectivity index (χ3v) is 2.88. The molecule has 0 radical (unpaired) electrons. The highest BCUT2D eigenvalue weighted by Gasteiger charge is 2.00. The summed E-state index contributed by atoms with van der Waals surface area (Å²) in [4.78, 5) is 4.20. The Bertz CT molecular complexity index is 436. The first-order valence-electron chi connectivity index (χ1n) is 4.64. The van der Waals surface area contributed by atoms with Gasteiger partial charge in [0.15, 0.2) is 0 Å². The van der Waals surface area contributed by atoms with Crippen molar-refractivity contribution in [2.24, 2.45) is 0 Å². The lowest BCUT2D eigenvalue weighted by molar-refractivity contribution is 0.501. The Hall–Kier alpha value is -1.42. The Balaban J connectivity index is 1.96. The molecule has 0 aromatic carbocycles. The molecule has 2 heterocycles. The second-order valence-electron chi connectivity index (χ2n) is 3.23. The van der Waals surface area contributed by atoms with Gasteiger partial charge in [-0.15, -0.1) is 0 Å². The number of nitrogen functional groups attached to an aromatic ring is 1. The summed E-state index contributed by atoms with van der Waals surface area (Å²) in [6.45, 7) is 1.94. The number of aryl methyl sites for hydroxylation is 1. The average Bonchev–Trinajstić information content (AvgIpc) is 2.64. The SMILES string of the molecule is Cc1ccc(CSc2ccc(N)cn2)o1. The molecule has 4 heteroatoms. The summed E-state index contributed by atoms with van der Waals surface area (Å²) in [5.74, 6) is 2.71. The maximum atomic E-state index is 5.55. The average molecular weight is 220 g/mol. The molecule has 3 nitrogen and oxygen atoms in total. The van der Waals surface area contributed by atoms with E-state index in [1.54, 1.807) is 18.0 Å². The molecule has 0 aliphatic heterocycles. The first kappa shape index (κ1) is 10.1. The normalized spacial score (nSPS) is 10.5. The summed E-state index contributed by atoms with van der Waals surface area (Å²) in [6, 6.07) is 7.71. The fourth-order valence-electron chi connectivity index (χ4n) is 1.18. The fraction of sp³-hybridized carbons (Fsp3) is 0.182. The van der Waals surface area contributed by atoms with E-state index < -0.39 is 0 Å². The number of thioether (sulfide) groups is 1. The largest absolute Gasteiger partial charge is 0.465 e. The van der Waals surface area contributed by atoms with Crippen molar-refractivity contribution in [3.8, 4) is 0 Å². The van der Waals surface area contributed by atoms with Gasteiger partial charge in [-0.05, 0) is 31.2 Å². The Morgan fingerprint density at radius 3 is 2.80 bits per heavy atom. The first-order valence-corrected chi connectivity index (χ1v) is 5.62. The molecule has 2 rings (SSSR count). The highest BCUT2D eigenvalue weighted by atomic mass is 32.2. The molecule has 2 N–H and O–H groups in total. The number of hydrogen-bond donors (Lipinski definition) is 1. The number of hydrogen-bond acceptors (Lipinski definition) is 4. The molecular formula is C11H12N2OS. The third kappa shape index (κ3) is 2.76. The van der Waals surface area contributed by atoms with Crippen molar-refractivity contribution in [2.45, 2.75) is 17.7 Å². The van der Waals surface area contributed by atoms with Gasteiger partial charge in [0.1, 0.15) is 11.5 Å². The van der Waals surface area contributed by atoms with Gasteiger partial charge in [0, 0.05) is 0 Å². The molecule has 2 aromatic rings. The molecule has 0 fully saturated rings. The van der Waals surface area contributed by atoms with Crippen LogP contribution in [0.25, 0.3) is 0 Å². The maximum Gasteiger partial charge on any atom is 0.114 e. The predicted molar refractivity (Wildman–Crippen MR) is 61.7 cm³/mol. The molecule has 15 heavy (non-hydrogen) atoms. The van der Waals surface area contributed by atoms with E-state index in [1.807, 2.05) is 31.2 Å². The van der Waals surface area contributed by atoms with Crippen molar-refractivity contribution in [3.63, 3.8) is 0 Å². The minimum absolute atomic E-state index is 0.688. The van der Waals surface area contributed by atoms with E-state index in [2.05, 4.69) is 4.98 Å². The quantitative estimate of drug-likeness (QED) is 0.808. The molecule has 0 saturated heterocycles. The predicted octanol–water partition coefficient (Wildman–Crippen LogP) is 2.86. The van der Waals surface area contributed by atoms with Crippen LogP contribution in [0.1, 0.15) is 11.5 Å². The first-order chi connectivity index (χ1) is 7.24. The number of furan rings is 1. The molecule has 0 aliphatic rings. The minimum Gasteiger partial charge on any atom is -0.465 e. The van der Waals surface area contributed by atoms with Gasteiger partial charge < -0.3 is 10.2 Å². The van der Waals surface area contributed by atoms with Gasteiger partial charge >= 0.3 is 0 Å². The van der Waals surface area contributed by atoms with E-state index in [4.69, 9.17) is 10.2 Å². The van der Waals surface area contributed by atoms with E-state index in [0.29, 0.717) is 5.69 Å². The van der Waals surface area contributed by atoms with E-state index in [9.17, 15) is 0 Å². The smallest absolute Gasteiger partial charge is 0.114 e. The van der Waals surface area contributed by atoms with Crippen molar-refractivity contribution in [1.29, 1.82) is 0 Å². The standard InChI is InChI=1S/C11H12N2OS/c1-8-2-4-10(14-8)7-15-11-5-3-9(12)6-13-11/h2-6H,7,12H2,1H3. The Kier molecular flexibility index (Phi) is 2.97. The Morgan fingerprint density at radius 2 is 2.20 bits per heavy atom. The fourth-order valence-corrected chi connectivity index (χ4v) is 1.92. The maximum absolute atomic E-state index is 5.55. The Labute approximate surface area is 92.7 Å². The van der Waals surface area contributed by atoms with Gasteiger partial charge in [-0.1, -0.05) is 11.8 Å². The molecule has 0 bridgehead atoms. The summed E-state index contributed by atoms with van der Waals surface area (Å²) in [5, 5.41) is 0.957. The summed E-state index contributed by atoms with van der Waals surface area (Å²) in [6.07, 6.45) is 1.66. The number of rotatable bonds is 3. The van der Waals surface area contributed by atoms with Crippen LogP contribution in [0.4, 0.5) is 5.69 Å². The van der Waals surface area contributed by atoms with Gasteiger partial charge in [0.2, 0.25) is 0 Å². The number of pyridine rings is 1. The number of aromatic nitrogens is 1. The lowest BCUT2D eigenvalue weighted by Gasteiger charge is -1.98. The number of nitrogens with zero attached hydrogens (tertiary/aromatic N) is 1. The van der Waals surface area contributed by atoms with E-state index in [1.165, 1.54) is 0 Å². The number of anilines is 1. The van der Waals surface area contributed by atoms with Gasteiger partial charge in [-0.25, -0.2) is 4.98 Å². The lowest BCUT2D eigenvalue weighted by atomic mass is 10.4. The van der Waals surface area contributed by atoms with Crippen molar-refractivity contribution in [3.05, 3.63) is 42.0 Å². The molecule has 0 amide bonds. The van der Waals surface area contributed by atoms with E-state index >= 15 is 0 Å². The second-order valence-corrected chi connectivity index (χ2v) is 4.23. The van der Waals surface area contributed by atoms with Crippen LogP contribution in [0, 0.1) is 6.92 Å². The van der Waals surface area contributed by atoms with Crippen molar-refractivity contribution in [1.82, 2.24) is 4.98 Å². The molecule has 0 spiro atoms. The summed E-state index contributed by atoms with van der Waals surface area (Å²) in [7, 11) is 0. The van der Waals surface area contributed by atoms with Gasteiger partial charge in [0.05, 0.1) is 22.7 Å². The highest BCUT2D eigenvalue weighted by Crippen LogP contribution is 2.22. The van der Waals surface area contributed by atoms with Crippen molar-refractivity contribution < 1.29 is 4.42 Å². The minimum atomic E-state index is 0.688. The van der Waals surface area contributed by atoms with Crippen LogP contribution in [0.15, 0.2) is 39.9 Å². The second kappa shape index (κ2) is 4.40. The van der Waals surface area contributed by atoms with Crippen LogP contribution in [0.3, 0.4) is 0 Å². The lowest BCUT2D eigenvalue weighted by Crippen LogP contribution is -1.86. The van der Waals surface area contributed by atoms with Crippen molar-refractivity contribution >= 4 is 17.4 Å². The molecule has 0 aliphatic carbocycles. The van der Waals surface area contributed by atoms with Crippen LogP contribution < -0.4 is 5.73 Å². The third-order valence-electron chi connectivity index (χ3n) is 1.92. The summed E-state index contributed by atoms with van der Waals surface area (Å²) >= 11 is 1.64. The topological polar surface area (TPSA) is 52.0 Å². The van der Waals surface area contributed by atoms with E-state index in [0.717, 1.165) is 22.3 Å². The van der Waals surface area contributed by atoms with Crippen LogP contribution in [0.5, 0.6) is 0 Å². The van der Waals surface area contributed by atoms with Gasteiger partial charge in [-0.2, -0.15) is 0 Å². The molecule has 2 aromatic heterocycles. The Morgan fingerprint density at radius 1 is 1.33 bits per heavy atom. The molecule has 0 unspecified atom stereocenters. The molecular weight excluding hydrogens is 208 g/mol. The van der Waals surface area contributed by atoms with E-state index in [-0.39, 0.29) is 0 Å². The summed E-state index contributed by atoms with van der Waals surface area (Å²) in [5.41, 5.74) is 6.24. The number of nitrogens with two attached hydrogens (primary N) is 1. The summed E-state index contributed by atoms with van der Waals surface area (Å²) < 4.78 is 5.46. The zero-order valence-electron chi connectivity index (χ0n) is 8.43. The van der Waals surface area contributed by atoms with Crippen molar-refractivity contribution in [2.75, 3.05) is 5.73 Å². The monoisotopic (exact) mass is 220 g/mol.